The van der Waals surface area contributed by atoms with Crippen LogP contribution in [0.25, 0.3) is 0 Å². The quantitative estimate of drug-likeness (QED) is 0.764. The second-order valence-electron chi connectivity index (χ2n) is 7.01. The first-order valence-corrected chi connectivity index (χ1v) is 9.38. The first-order valence-electron chi connectivity index (χ1n) is 9.38. The molecule has 1 aliphatic rings. The van der Waals surface area contributed by atoms with Crippen molar-refractivity contribution in [2.45, 2.75) is 32.7 Å². The maximum absolute atomic E-state index is 12.6. The Balaban J connectivity index is 1.42. The summed E-state index contributed by atoms with van der Waals surface area (Å²) >= 11 is 0. The predicted molar refractivity (Wildman–Crippen MR) is 102 cm³/mol. The fraction of sp³-hybridized carbons (Fsp3) is 0.474. The molecule has 3 amide bonds. The van der Waals surface area contributed by atoms with Crippen molar-refractivity contribution < 1.29 is 9.59 Å². The van der Waals surface area contributed by atoms with Gasteiger partial charge in [-0.2, -0.15) is 0 Å². The molecular weight excluding hydrogens is 344 g/mol. The Morgan fingerprint density at radius 1 is 1.19 bits per heavy atom. The molecule has 2 aromatic rings. The number of carbonyl (C=O) groups is 2. The molecule has 0 spiro atoms. The van der Waals surface area contributed by atoms with Crippen LogP contribution in [-0.2, 0) is 6.54 Å². The molecule has 27 heavy (non-hydrogen) atoms. The van der Waals surface area contributed by atoms with Crippen LogP contribution in [0.1, 0.15) is 36.5 Å². The largest absolute Gasteiger partial charge is 0.338 e. The molecule has 144 valence electrons. The number of hydrogen-bond acceptors (Lipinski definition) is 4. The summed E-state index contributed by atoms with van der Waals surface area (Å²) in [4.78, 5) is 26.4. The lowest BCUT2D eigenvalue weighted by molar-refractivity contribution is 0.0683. The van der Waals surface area contributed by atoms with Crippen molar-refractivity contribution in [3.05, 3.63) is 42.5 Å². The van der Waals surface area contributed by atoms with E-state index in [0.29, 0.717) is 23.7 Å². The van der Waals surface area contributed by atoms with Crippen LogP contribution in [0.2, 0.25) is 0 Å². The molecule has 0 unspecified atom stereocenters. The van der Waals surface area contributed by atoms with Crippen LogP contribution in [0, 0.1) is 5.92 Å². The number of likely N-dealkylation sites (tertiary alicyclic amines) is 1. The molecule has 1 atom stereocenters. The number of benzene rings is 1. The van der Waals surface area contributed by atoms with Crippen LogP contribution in [0.15, 0.2) is 36.9 Å². The van der Waals surface area contributed by atoms with Crippen molar-refractivity contribution in [3.8, 4) is 0 Å². The van der Waals surface area contributed by atoms with Gasteiger partial charge in [0.1, 0.15) is 12.7 Å². The van der Waals surface area contributed by atoms with E-state index in [1.165, 1.54) is 6.42 Å². The number of carbonyl (C=O) groups excluding carboxylic acids is 2. The van der Waals surface area contributed by atoms with Crippen LogP contribution in [0.5, 0.6) is 0 Å². The standard InChI is InChI=1S/C19H26N6O2/c1-15-4-2-11-25(12-15)18(26)16-5-7-17(8-6-16)23-19(27)20-9-3-10-24-13-21-22-14-24/h5-8,13-15H,2-4,9-12H2,1H3,(H2,20,23,27)/t15-/m1/s1. The lowest BCUT2D eigenvalue weighted by atomic mass is 9.99. The maximum atomic E-state index is 12.6. The third-order valence-electron chi connectivity index (χ3n) is 4.68. The fourth-order valence-electron chi connectivity index (χ4n) is 3.23. The van der Waals surface area contributed by atoms with Crippen molar-refractivity contribution in [1.29, 1.82) is 0 Å². The number of anilines is 1. The van der Waals surface area contributed by atoms with Gasteiger partial charge in [-0.1, -0.05) is 6.92 Å². The normalized spacial score (nSPS) is 16.8. The molecule has 1 aromatic heterocycles. The number of rotatable bonds is 6. The summed E-state index contributed by atoms with van der Waals surface area (Å²) < 4.78 is 1.86. The average Bonchev–Trinajstić information content (AvgIpc) is 3.19. The Kier molecular flexibility index (Phi) is 6.40. The number of urea groups is 1. The zero-order valence-corrected chi connectivity index (χ0v) is 15.6. The number of aromatic nitrogens is 3. The summed E-state index contributed by atoms with van der Waals surface area (Å²) in [5, 5.41) is 13.1. The van der Waals surface area contributed by atoms with Crippen LogP contribution in [-0.4, -0.2) is 51.2 Å². The smallest absolute Gasteiger partial charge is 0.319 e. The summed E-state index contributed by atoms with van der Waals surface area (Å²) in [6.07, 6.45) is 6.32. The summed E-state index contributed by atoms with van der Waals surface area (Å²) in [6, 6.07) is 6.80. The number of nitrogens with zero attached hydrogens (tertiary/aromatic N) is 4. The minimum absolute atomic E-state index is 0.0616. The Hall–Kier alpha value is -2.90. The van der Waals surface area contributed by atoms with E-state index in [2.05, 4.69) is 27.8 Å². The zero-order valence-electron chi connectivity index (χ0n) is 15.6. The lowest BCUT2D eigenvalue weighted by Gasteiger charge is -2.31. The fourth-order valence-corrected chi connectivity index (χ4v) is 3.23. The van der Waals surface area contributed by atoms with E-state index in [1.54, 1.807) is 36.9 Å². The van der Waals surface area contributed by atoms with Gasteiger partial charge in [-0.3, -0.25) is 4.79 Å². The van der Waals surface area contributed by atoms with Crippen molar-refractivity contribution in [3.63, 3.8) is 0 Å². The Bertz CT molecular complexity index is 744. The molecule has 2 heterocycles. The summed E-state index contributed by atoms with van der Waals surface area (Å²) in [5.41, 5.74) is 1.32. The monoisotopic (exact) mass is 370 g/mol. The van der Waals surface area contributed by atoms with Crippen LogP contribution in [0.4, 0.5) is 10.5 Å². The van der Waals surface area contributed by atoms with Gasteiger partial charge in [-0.15, -0.1) is 10.2 Å². The summed E-state index contributed by atoms with van der Waals surface area (Å²) in [5.74, 6) is 0.615. The highest BCUT2D eigenvalue weighted by Gasteiger charge is 2.21. The van der Waals surface area contributed by atoms with E-state index < -0.39 is 0 Å². The zero-order chi connectivity index (χ0) is 19.1. The SMILES string of the molecule is C[C@@H]1CCCN(C(=O)c2ccc(NC(=O)NCCCn3cnnc3)cc2)C1. The van der Waals surface area contributed by atoms with Gasteiger partial charge < -0.3 is 20.1 Å². The van der Waals surface area contributed by atoms with Gasteiger partial charge >= 0.3 is 6.03 Å². The first kappa shape index (κ1) is 18.9. The number of nitrogens with one attached hydrogen (secondary N) is 2. The highest BCUT2D eigenvalue weighted by atomic mass is 16.2. The van der Waals surface area contributed by atoms with Crippen molar-refractivity contribution in [2.24, 2.45) is 5.92 Å². The summed E-state index contributed by atoms with van der Waals surface area (Å²) in [6.45, 7) is 5.11. The van der Waals surface area contributed by atoms with Gasteiger partial charge in [0, 0.05) is 37.4 Å². The molecule has 1 aliphatic heterocycles. The van der Waals surface area contributed by atoms with E-state index in [4.69, 9.17) is 0 Å². The van der Waals surface area contributed by atoms with E-state index in [-0.39, 0.29) is 11.9 Å². The molecule has 8 heteroatoms. The molecule has 0 aliphatic carbocycles. The van der Waals surface area contributed by atoms with Gasteiger partial charge in [-0.25, -0.2) is 4.79 Å². The van der Waals surface area contributed by atoms with Gasteiger partial charge in [0.05, 0.1) is 0 Å². The maximum Gasteiger partial charge on any atom is 0.319 e. The second-order valence-corrected chi connectivity index (χ2v) is 7.01. The molecule has 0 saturated carbocycles. The Labute approximate surface area is 159 Å². The number of hydrogen-bond donors (Lipinski definition) is 2. The minimum Gasteiger partial charge on any atom is -0.338 e. The topological polar surface area (TPSA) is 92.2 Å². The second kappa shape index (κ2) is 9.16. The van der Waals surface area contributed by atoms with Gasteiger partial charge in [0.25, 0.3) is 5.91 Å². The van der Waals surface area contributed by atoms with Crippen molar-refractivity contribution in [1.82, 2.24) is 25.0 Å². The number of aryl methyl sites for hydroxylation is 1. The number of piperidine rings is 1. The molecule has 1 fully saturated rings. The molecular formula is C19H26N6O2. The molecule has 0 bridgehead atoms. The van der Waals surface area contributed by atoms with E-state index in [1.807, 2.05) is 9.47 Å². The Morgan fingerprint density at radius 2 is 1.93 bits per heavy atom. The molecule has 8 nitrogen and oxygen atoms in total. The predicted octanol–water partition coefficient (Wildman–Crippen LogP) is 2.36. The third kappa shape index (κ3) is 5.54. The minimum atomic E-state index is -0.261. The highest BCUT2D eigenvalue weighted by molar-refractivity contribution is 5.95. The van der Waals surface area contributed by atoms with Crippen LogP contribution < -0.4 is 10.6 Å². The van der Waals surface area contributed by atoms with E-state index in [9.17, 15) is 9.59 Å². The van der Waals surface area contributed by atoms with E-state index >= 15 is 0 Å². The van der Waals surface area contributed by atoms with Gasteiger partial charge in [-0.05, 0) is 49.4 Å². The van der Waals surface area contributed by atoms with Crippen LogP contribution >= 0.6 is 0 Å². The molecule has 1 saturated heterocycles. The Morgan fingerprint density at radius 3 is 2.63 bits per heavy atom. The van der Waals surface area contributed by atoms with Crippen molar-refractivity contribution >= 4 is 17.6 Å². The third-order valence-corrected chi connectivity index (χ3v) is 4.68. The lowest BCUT2D eigenvalue weighted by Crippen LogP contribution is -2.39. The van der Waals surface area contributed by atoms with Crippen LogP contribution in [0.3, 0.4) is 0 Å². The van der Waals surface area contributed by atoms with E-state index in [0.717, 1.165) is 32.5 Å². The summed E-state index contributed by atoms with van der Waals surface area (Å²) in [7, 11) is 0. The first-order chi connectivity index (χ1) is 13.1. The molecule has 1 aromatic carbocycles. The van der Waals surface area contributed by atoms with Crippen molar-refractivity contribution in [2.75, 3.05) is 25.0 Å². The van der Waals surface area contributed by atoms with Gasteiger partial charge in [0.15, 0.2) is 0 Å². The molecule has 0 radical (unpaired) electrons. The van der Waals surface area contributed by atoms with Gasteiger partial charge in [0.2, 0.25) is 0 Å². The average molecular weight is 370 g/mol. The molecule has 2 N–H and O–H groups in total. The molecule has 3 rings (SSSR count). The number of amides is 3. The highest BCUT2D eigenvalue weighted by Crippen LogP contribution is 2.19.